The predicted octanol–water partition coefficient (Wildman–Crippen LogP) is 4.77. The van der Waals surface area contributed by atoms with Crippen LogP contribution in [0, 0.1) is 0 Å². The van der Waals surface area contributed by atoms with Gasteiger partial charge in [-0.3, -0.25) is 4.79 Å². The fraction of sp³-hybridized carbons (Fsp3) is 0.381. The summed E-state index contributed by atoms with van der Waals surface area (Å²) in [5.74, 6) is -0.129. The lowest BCUT2D eigenvalue weighted by Gasteiger charge is -2.40. The maximum atomic E-state index is 13.5. The van der Waals surface area contributed by atoms with Gasteiger partial charge in [-0.15, -0.1) is 0 Å². The number of carbonyl (C=O) groups excluding carboxylic acids is 1. The number of hydrogen-bond acceptors (Lipinski definition) is 7. The third kappa shape index (κ3) is 3.98. The van der Waals surface area contributed by atoms with Crippen LogP contribution in [0.1, 0.15) is 24.1 Å². The first kappa shape index (κ1) is 22.8. The molecule has 2 aliphatic rings. The summed E-state index contributed by atoms with van der Waals surface area (Å²) in [6.07, 6.45) is -0.0524. The van der Waals surface area contributed by atoms with Gasteiger partial charge in [0.25, 0.3) is 11.9 Å². The fourth-order valence-electron chi connectivity index (χ4n) is 4.59. The Bertz CT molecular complexity index is 1270. The Hall–Kier alpha value is -1.97. The van der Waals surface area contributed by atoms with E-state index in [0.717, 1.165) is 11.1 Å². The molecule has 2 atom stereocenters. The summed E-state index contributed by atoms with van der Waals surface area (Å²) < 4.78 is 11.4. The van der Waals surface area contributed by atoms with Crippen LogP contribution in [-0.4, -0.2) is 53.1 Å². The van der Waals surface area contributed by atoms with Gasteiger partial charge >= 0.3 is 0 Å². The molecule has 8 nitrogen and oxygen atoms in total. The molecule has 1 fully saturated rings. The van der Waals surface area contributed by atoms with E-state index in [4.69, 9.17) is 61.3 Å². The van der Waals surface area contributed by atoms with Crippen molar-refractivity contribution in [2.75, 3.05) is 36.9 Å². The average Bonchev–Trinajstić information content (AvgIpc) is 3.15. The number of nitrogens with zero attached hydrogens (tertiary/aromatic N) is 4. The number of nitrogen functional groups attached to an aromatic ring is 1. The number of amides is 1. The fourth-order valence-corrected chi connectivity index (χ4v) is 5.83. The lowest BCUT2D eigenvalue weighted by molar-refractivity contribution is -0.147. The molecule has 0 saturated carbocycles. The van der Waals surface area contributed by atoms with Gasteiger partial charge in [-0.05, 0) is 36.6 Å². The lowest BCUT2D eigenvalue weighted by Crippen LogP contribution is -2.53. The van der Waals surface area contributed by atoms with Crippen molar-refractivity contribution in [3.05, 3.63) is 43.6 Å². The molecule has 174 valence electrons. The lowest BCUT2D eigenvalue weighted by atomic mass is 9.93. The second-order valence-corrected chi connectivity index (χ2v) is 9.55. The number of nitrogens with two attached hydrogens (primary N) is 1. The van der Waals surface area contributed by atoms with Gasteiger partial charge in [0.05, 0.1) is 19.2 Å². The molecule has 1 amide bonds. The summed E-state index contributed by atoms with van der Waals surface area (Å²) in [6.45, 7) is 3.54. The highest BCUT2D eigenvalue weighted by Crippen LogP contribution is 2.40. The van der Waals surface area contributed by atoms with Gasteiger partial charge in [-0.2, -0.15) is 4.98 Å². The highest BCUT2D eigenvalue weighted by molar-refractivity contribution is 6.38. The van der Waals surface area contributed by atoms with E-state index in [1.54, 1.807) is 11.0 Å². The second kappa shape index (κ2) is 8.67. The number of fused-ring (bicyclic) bond motifs is 2. The van der Waals surface area contributed by atoms with E-state index in [2.05, 4.69) is 9.97 Å². The number of halogens is 4. The summed E-state index contributed by atoms with van der Waals surface area (Å²) in [7, 11) is 0. The molecule has 1 aromatic carbocycles. The molecule has 2 N–H and O–H groups in total. The Morgan fingerprint density at radius 1 is 1.15 bits per heavy atom. The maximum absolute atomic E-state index is 13.5. The minimum atomic E-state index is -0.712. The first-order valence-electron chi connectivity index (χ1n) is 10.3. The second-order valence-electron chi connectivity index (χ2n) is 8.00. The average molecular weight is 531 g/mol. The maximum Gasteiger partial charge on any atom is 0.293 e. The molecule has 0 bridgehead atoms. The molecular formula is C21H19Cl4N5O3. The van der Waals surface area contributed by atoms with Gasteiger partial charge < -0.3 is 24.7 Å². The molecular weight excluding hydrogens is 512 g/mol. The van der Waals surface area contributed by atoms with Crippen molar-refractivity contribution in [1.29, 1.82) is 0 Å². The van der Waals surface area contributed by atoms with Crippen LogP contribution in [-0.2, 0) is 16.0 Å². The monoisotopic (exact) mass is 529 g/mol. The standard InChI is InChI=1S/C21H19Cl4N5O3/c1-9-14-10(6-11(22)7-12(14)23)2-3-30(9)20(31)13-8-29(4-5-32-13)16-17-15(27-21(26)33-17)18(24)28-19(16)25/h6-7,9,13H,2-5,8H2,1H3,(H2,26,27)/t9-,13+/m0/s1. The van der Waals surface area contributed by atoms with Crippen molar-refractivity contribution in [3.63, 3.8) is 0 Å². The number of rotatable bonds is 2. The molecule has 0 aliphatic carbocycles. The summed E-state index contributed by atoms with van der Waals surface area (Å²) in [5, 5.41) is 1.38. The van der Waals surface area contributed by atoms with Crippen LogP contribution in [0.3, 0.4) is 0 Å². The number of carbonyl (C=O) groups is 1. The third-order valence-electron chi connectivity index (χ3n) is 6.07. The minimum Gasteiger partial charge on any atom is -0.421 e. The summed E-state index contributed by atoms with van der Waals surface area (Å²) in [4.78, 5) is 25.4. The number of ether oxygens (including phenoxy) is 1. The van der Waals surface area contributed by atoms with Gasteiger partial charge in [0.15, 0.2) is 27.5 Å². The first-order valence-corrected chi connectivity index (χ1v) is 11.8. The number of aromatic nitrogens is 2. The number of pyridine rings is 1. The van der Waals surface area contributed by atoms with Crippen LogP contribution < -0.4 is 10.6 Å². The number of anilines is 2. The molecule has 0 spiro atoms. The Morgan fingerprint density at radius 3 is 2.73 bits per heavy atom. The van der Waals surface area contributed by atoms with Gasteiger partial charge in [0.1, 0.15) is 5.69 Å². The van der Waals surface area contributed by atoms with E-state index in [1.165, 1.54) is 0 Å². The summed E-state index contributed by atoms with van der Waals surface area (Å²) in [5.41, 5.74) is 8.82. The van der Waals surface area contributed by atoms with Crippen LogP contribution >= 0.6 is 46.4 Å². The number of morpholine rings is 1. The van der Waals surface area contributed by atoms with Gasteiger partial charge in [-0.1, -0.05) is 46.4 Å². The van der Waals surface area contributed by atoms with Gasteiger partial charge in [-0.25, -0.2) is 4.98 Å². The molecule has 0 radical (unpaired) electrons. The Balaban J connectivity index is 1.42. The molecule has 0 unspecified atom stereocenters. The summed E-state index contributed by atoms with van der Waals surface area (Å²) >= 11 is 25.2. The molecule has 5 rings (SSSR count). The largest absolute Gasteiger partial charge is 0.421 e. The van der Waals surface area contributed by atoms with Gasteiger partial charge in [0, 0.05) is 23.1 Å². The van der Waals surface area contributed by atoms with E-state index in [0.29, 0.717) is 52.9 Å². The molecule has 1 saturated heterocycles. The first-order chi connectivity index (χ1) is 15.7. The quantitative estimate of drug-likeness (QED) is 0.476. The molecule has 4 heterocycles. The van der Waals surface area contributed by atoms with Crippen molar-refractivity contribution >= 4 is 75.1 Å². The number of hydrogen-bond donors (Lipinski definition) is 1. The Labute approximate surface area is 209 Å². The van der Waals surface area contributed by atoms with Crippen LogP contribution in [0.2, 0.25) is 20.4 Å². The normalized spacial score (nSPS) is 20.9. The van der Waals surface area contributed by atoms with E-state index < -0.39 is 6.10 Å². The highest BCUT2D eigenvalue weighted by atomic mass is 35.5. The van der Waals surface area contributed by atoms with Crippen molar-refractivity contribution in [1.82, 2.24) is 14.9 Å². The van der Waals surface area contributed by atoms with Crippen molar-refractivity contribution in [2.24, 2.45) is 0 Å². The Kier molecular flexibility index (Phi) is 5.99. The highest BCUT2D eigenvalue weighted by Gasteiger charge is 2.37. The van der Waals surface area contributed by atoms with Crippen LogP contribution in [0.25, 0.3) is 11.1 Å². The molecule has 33 heavy (non-hydrogen) atoms. The Morgan fingerprint density at radius 2 is 1.94 bits per heavy atom. The van der Waals surface area contributed by atoms with E-state index >= 15 is 0 Å². The molecule has 2 aromatic heterocycles. The topological polar surface area (TPSA) is 97.7 Å². The van der Waals surface area contributed by atoms with Crippen LogP contribution in [0.15, 0.2) is 16.5 Å². The molecule has 3 aromatic rings. The molecule has 2 aliphatic heterocycles. The predicted molar refractivity (Wildman–Crippen MR) is 128 cm³/mol. The van der Waals surface area contributed by atoms with E-state index in [9.17, 15) is 4.79 Å². The van der Waals surface area contributed by atoms with Crippen molar-refractivity contribution in [3.8, 4) is 0 Å². The van der Waals surface area contributed by atoms with Gasteiger partial charge in [0.2, 0.25) is 0 Å². The zero-order valence-corrected chi connectivity index (χ0v) is 20.5. The van der Waals surface area contributed by atoms with Crippen molar-refractivity contribution in [2.45, 2.75) is 25.5 Å². The van der Waals surface area contributed by atoms with Crippen molar-refractivity contribution < 1.29 is 13.9 Å². The third-order valence-corrected chi connectivity index (χ3v) is 7.13. The van der Waals surface area contributed by atoms with Crippen LogP contribution in [0.5, 0.6) is 0 Å². The van der Waals surface area contributed by atoms with Crippen LogP contribution in [0.4, 0.5) is 11.7 Å². The minimum absolute atomic E-state index is 0.0455. The summed E-state index contributed by atoms with van der Waals surface area (Å²) in [6, 6.07) is 3.35. The number of benzene rings is 1. The number of oxazole rings is 1. The smallest absolute Gasteiger partial charge is 0.293 e. The SMILES string of the molecule is C[C@H]1c2c(Cl)cc(Cl)cc2CCN1C(=O)[C@H]1CN(c2c(Cl)nc(Cl)c3nc(N)oc23)CCO1. The zero-order valence-electron chi connectivity index (χ0n) is 17.4. The molecule has 12 heteroatoms. The van der Waals surface area contributed by atoms with E-state index in [1.807, 2.05) is 17.9 Å². The zero-order chi connectivity index (χ0) is 23.4. The van der Waals surface area contributed by atoms with E-state index in [-0.39, 0.29) is 34.8 Å².